The van der Waals surface area contributed by atoms with E-state index in [0.29, 0.717) is 40.1 Å². The molecule has 1 aliphatic heterocycles. The van der Waals surface area contributed by atoms with Crippen molar-refractivity contribution in [2.24, 2.45) is 0 Å². The Balaban J connectivity index is 0.00000753. The van der Waals surface area contributed by atoms with Gasteiger partial charge >= 0.3 is 0 Å². The zero-order chi connectivity index (χ0) is 57.7. The van der Waals surface area contributed by atoms with Gasteiger partial charge in [0.05, 0.1) is 13.7 Å². The van der Waals surface area contributed by atoms with Gasteiger partial charge in [0.25, 0.3) is 0 Å². The van der Waals surface area contributed by atoms with Crippen LogP contribution in [0.25, 0.3) is 49.9 Å². The third-order valence-corrected chi connectivity index (χ3v) is 12.8. The van der Waals surface area contributed by atoms with Crippen molar-refractivity contribution in [2.45, 2.75) is 72.1 Å². The molecule has 7 heteroatoms. The molecule has 0 aliphatic carbocycles. The first-order chi connectivity index (χ1) is 38.4. The standard InChI is InChI=1S/C65H57N4O2.Pt/c1-43(2)51-26-19-29-56(65(6,7)8)63(51)71-50-36-37-66-61(41-50)69-57-35-32-46(64(3,4)5)38-55(57)54-34-33-49(40-60(54)69)70-48-25-17-24-47(39-48)67-42-68(59-31-16-15-30-58(59)67)62-52(44-20-11-9-12-21-44)27-18-28-53(62)45-22-13-10-14-23-45;/h9-38,41-43H,1-8H3;/q-3;/i9D,10D,11D,12D,13D,14D,20D,21D,22D,23D;. The third-order valence-electron chi connectivity index (χ3n) is 12.8. The third kappa shape index (κ3) is 9.10. The molecule has 72 heavy (non-hydrogen) atoms. The van der Waals surface area contributed by atoms with E-state index in [4.69, 9.17) is 28.2 Å². The van der Waals surface area contributed by atoms with Gasteiger partial charge in [-0.15, -0.1) is 48.1 Å². The topological polar surface area (TPSA) is 42.8 Å². The summed E-state index contributed by atoms with van der Waals surface area (Å²) >= 11 is 0. The molecule has 0 saturated carbocycles. The van der Waals surface area contributed by atoms with Crippen molar-refractivity contribution in [1.82, 2.24) is 9.55 Å². The second-order valence-corrected chi connectivity index (χ2v) is 20.0. The van der Waals surface area contributed by atoms with Crippen LogP contribution in [0.2, 0.25) is 0 Å². The SMILES string of the molecule is [2H]c1c([2H])c([2H])c(-c2cccc(-c3c([2H])c([2H])c([2H])c([2H])c3[2H])c2N2[CH-]N(c3[c-]c(Oc4[c-]c5c(cc4)c4cc(C(C)(C)C)ccc4n5-c4cc(Oc5c(C(C)C)cccc5C(C)(C)C)ccn4)ccc3)c3ccccc32)c([2H])c1[2H].[Pt]. The van der Waals surface area contributed by atoms with E-state index in [-0.39, 0.29) is 65.8 Å². The number of nitrogens with zero attached hydrogens (tertiary/aromatic N) is 4. The van der Waals surface area contributed by atoms with Crippen molar-refractivity contribution < 1.29 is 44.2 Å². The minimum absolute atomic E-state index is 0. The fourth-order valence-electron chi connectivity index (χ4n) is 9.32. The Hall–Kier alpha value is -7.40. The summed E-state index contributed by atoms with van der Waals surface area (Å²) in [4.78, 5) is 8.54. The predicted molar refractivity (Wildman–Crippen MR) is 293 cm³/mol. The molecule has 0 saturated heterocycles. The van der Waals surface area contributed by atoms with Crippen LogP contribution in [0, 0.1) is 18.8 Å². The van der Waals surface area contributed by atoms with Crippen LogP contribution >= 0.6 is 0 Å². The van der Waals surface area contributed by atoms with Crippen LogP contribution in [0.3, 0.4) is 0 Å². The summed E-state index contributed by atoms with van der Waals surface area (Å²) in [5.41, 5.74) is 6.83. The second-order valence-electron chi connectivity index (χ2n) is 20.0. The molecule has 1 aliphatic rings. The van der Waals surface area contributed by atoms with Crippen LogP contribution in [0.1, 0.15) is 91.7 Å². The Morgan fingerprint density at radius 3 is 1.93 bits per heavy atom. The first-order valence-corrected chi connectivity index (χ1v) is 23.7. The summed E-state index contributed by atoms with van der Waals surface area (Å²) in [5.74, 6) is 3.10. The van der Waals surface area contributed by atoms with Gasteiger partial charge in [-0.3, -0.25) is 0 Å². The molecule has 3 heterocycles. The Labute approximate surface area is 452 Å². The van der Waals surface area contributed by atoms with Crippen LogP contribution < -0.4 is 19.3 Å². The van der Waals surface area contributed by atoms with Gasteiger partial charge in [0, 0.05) is 84.1 Å². The minimum atomic E-state index is -0.570. The van der Waals surface area contributed by atoms with Gasteiger partial charge in [-0.25, -0.2) is 4.98 Å². The Bertz CT molecular complexity index is 4060. The van der Waals surface area contributed by atoms with Crippen molar-refractivity contribution in [3.05, 3.63) is 223 Å². The summed E-state index contributed by atoms with van der Waals surface area (Å²) in [7, 11) is 0. The maximum absolute atomic E-state index is 9.08. The molecule has 0 bridgehead atoms. The molecule has 2 aromatic heterocycles. The van der Waals surface area contributed by atoms with E-state index >= 15 is 0 Å². The molecule has 0 fully saturated rings. The van der Waals surface area contributed by atoms with Crippen LogP contribution in [-0.2, 0) is 31.9 Å². The van der Waals surface area contributed by atoms with Crippen molar-refractivity contribution in [3.63, 3.8) is 0 Å². The first kappa shape index (κ1) is 37.4. The normalized spacial score (nSPS) is 14.6. The second kappa shape index (κ2) is 19.3. The molecule has 11 rings (SSSR count). The molecule has 362 valence electrons. The number of para-hydroxylation sites is 4. The molecule has 0 N–H and O–H groups in total. The van der Waals surface area contributed by atoms with Gasteiger partial charge < -0.3 is 23.8 Å². The summed E-state index contributed by atoms with van der Waals surface area (Å²) < 4.78 is 103. The maximum Gasteiger partial charge on any atom is 0.139 e. The molecule has 8 aromatic carbocycles. The Morgan fingerprint density at radius 1 is 0.611 bits per heavy atom. The number of fused-ring (bicyclic) bond motifs is 4. The number of anilines is 4. The summed E-state index contributed by atoms with van der Waals surface area (Å²) in [6.07, 6.45) is 1.76. The number of rotatable bonds is 10. The van der Waals surface area contributed by atoms with E-state index in [1.165, 1.54) is 5.56 Å². The zero-order valence-electron chi connectivity index (χ0n) is 51.2. The van der Waals surface area contributed by atoms with E-state index in [1.54, 1.807) is 42.0 Å². The number of ether oxygens (including phenoxy) is 2. The van der Waals surface area contributed by atoms with Crippen LogP contribution in [0.5, 0.6) is 23.0 Å². The molecule has 6 nitrogen and oxygen atoms in total. The Morgan fingerprint density at radius 2 is 1.26 bits per heavy atom. The van der Waals surface area contributed by atoms with Crippen LogP contribution in [0.4, 0.5) is 22.7 Å². The van der Waals surface area contributed by atoms with E-state index in [2.05, 4.69) is 108 Å². The van der Waals surface area contributed by atoms with Gasteiger partial charge in [-0.2, -0.15) is 12.1 Å². The van der Waals surface area contributed by atoms with E-state index < -0.39 is 60.4 Å². The molecule has 0 atom stereocenters. The molecule has 0 spiro atoms. The molecule has 10 aromatic rings. The number of aromatic nitrogens is 2. The molecular weight excluding hydrogens is 1060 g/mol. The van der Waals surface area contributed by atoms with Crippen molar-refractivity contribution >= 4 is 44.6 Å². The van der Waals surface area contributed by atoms with Gasteiger partial charge in [-0.05, 0) is 68.7 Å². The monoisotopic (exact) mass is 1130 g/mol. The number of hydrogen-bond donors (Lipinski definition) is 0. The van der Waals surface area contributed by atoms with Gasteiger partial charge in [0.1, 0.15) is 17.3 Å². The first-order valence-electron chi connectivity index (χ1n) is 28.7. The maximum atomic E-state index is 9.08. The molecule has 0 radical (unpaired) electrons. The van der Waals surface area contributed by atoms with Gasteiger partial charge in [-0.1, -0.05) is 182 Å². The zero-order valence-corrected chi connectivity index (χ0v) is 43.5. The van der Waals surface area contributed by atoms with Gasteiger partial charge in [0.15, 0.2) is 0 Å². The van der Waals surface area contributed by atoms with Crippen LogP contribution in [0.15, 0.2) is 188 Å². The van der Waals surface area contributed by atoms with E-state index in [0.717, 1.165) is 38.7 Å². The van der Waals surface area contributed by atoms with Crippen molar-refractivity contribution in [2.75, 3.05) is 9.80 Å². The average molecular weight is 1130 g/mol. The minimum Gasteiger partial charge on any atom is -0.509 e. The molecule has 0 amide bonds. The smallest absolute Gasteiger partial charge is 0.139 e. The van der Waals surface area contributed by atoms with Crippen molar-refractivity contribution in [3.8, 4) is 51.1 Å². The molecular formula is C65H57N4O2Pt-3. The fraction of sp³-hybridized carbons (Fsp3) is 0.169. The quantitative estimate of drug-likeness (QED) is 0.128. The average Bonchev–Trinajstić information content (AvgIpc) is 3.33. The van der Waals surface area contributed by atoms with E-state index in [1.807, 2.05) is 65.6 Å². The van der Waals surface area contributed by atoms with E-state index in [9.17, 15) is 0 Å². The predicted octanol–water partition coefficient (Wildman–Crippen LogP) is 17.8. The van der Waals surface area contributed by atoms with Crippen LogP contribution in [-0.4, -0.2) is 9.55 Å². The molecule has 0 unspecified atom stereocenters. The number of pyridine rings is 1. The Kier molecular flexibility index (Phi) is 10.0. The largest absolute Gasteiger partial charge is 0.509 e. The summed E-state index contributed by atoms with van der Waals surface area (Å²) in [5, 5.41) is 1.97. The summed E-state index contributed by atoms with van der Waals surface area (Å²) in [6, 6.07) is 40.2. The summed E-state index contributed by atoms with van der Waals surface area (Å²) in [6.45, 7) is 19.2. The van der Waals surface area contributed by atoms with Crippen molar-refractivity contribution in [1.29, 1.82) is 0 Å². The number of benzene rings is 8. The number of hydrogen-bond acceptors (Lipinski definition) is 5. The fourth-order valence-corrected chi connectivity index (χ4v) is 9.32. The van der Waals surface area contributed by atoms with Gasteiger partial charge in [0.2, 0.25) is 0 Å².